The van der Waals surface area contributed by atoms with E-state index in [4.69, 9.17) is 11.6 Å². The van der Waals surface area contributed by atoms with E-state index in [2.05, 4.69) is 5.32 Å². The molecular formula is C19H17ClFNO3PS+. The van der Waals surface area contributed by atoms with Crippen molar-refractivity contribution in [3.8, 4) is 0 Å². The Morgan fingerprint density at radius 1 is 1.33 bits per heavy atom. The van der Waals surface area contributed by atoms with Gasteiger partial charge in [-0.3, -0.25) is 9.36 Å². The van der Waals surface area contributed by atoms with Crippen LogP contribution in [0.2, 0.25) is 5.02 Å². The van der Waals surface area contributed by atoms with Crippen molar-refractivity contribution in [3.05, 3.63) is 76.0 Å². The zero-order valence-corrected chi connectivity index (χ0v) is 16.8. The van der Waals surface area contributed by atoms with Crippen LogP contribution in [0.4, 0.5) is 4.39 Å². The number of nitrogens with one attached hydrogen (secondary N) is 1. The lowest BCUT2D eigenvalue weighted by Gasteiger charge is -2.18. The van der Waals surface area contributed by atoms with Crippen molar-refractivity contribution in [1.29, 1.82) is 0 Å². The van der Waals surface area contributed by atoms with Gasteiger partial charge < -0.3 is 10.2 Å². The first-order valence-electron chi connectivity index (χ1n) is 7.96. The highest BCUT2D eigenvalue weighted by Crippen LogP contribution is 2.54. The van der Waals surface area contributed by atoms with Gasteiger partial charge in [0.1, 0.15) is 11.5 Å². The molecule has 1 amide bonds. The van der Waals surface area contributed by atoms with Crippen molar-refractivity contribution in [2.45, 2.75) is 5.66 Å². The highest BCUT2D eigenvalue weighted by atomic mass is 35.5. The van der Waals surface area contributed by atoms with E-state index in [0.29, 0.717) is 21.5 Å². The maximum Gasteiger partial charge on any atom is 0.241 e. The molecule has 3 rings (SSSR count). The molecule has 4 nitrogen and oxygen atoms in total. The number of benzene rings is 2. The second kappa shape index (κ2) is 7.95. The zero-order valence-electron chi connectivity index (χ0n) is 14.3. The molecule has 0 saturated carbocycles. The number of hydrogen-bond acceptors (Lipinski definition) is 3. The average Bonchev–Trinajstić information content (AvgIpc) is 2.96. The van der Waals surface area contributed by atoms with Crippen LogP contribution in [-0.2, 0) is 9.36 Å². The summed E-state index contributed by atoms with van der Waals surface area (Å²) < 4.78 is 26.6. The summed E-state index contributed by atoms with van der Waals surface area (Å²) in [4.78, 5) is 22.9. The van der Waals surface area contributed by atoms with Crippen LogP contribution in [0.5, 0.6) is 0 Å². The summed E-state index contributed by atoms with van der Waals surface area (Å²) >= 11 is 6.56. The molecule has 27 heavy (non-hydrogen) atoms. The predicted octanol–water partition coefficient (Wildman–Crippen LogP) is 4.47. The molecule has 0 aliphatic carbocycles. The minimum Gasteiger partial charge on any atom is -0.344 e. The Morgan fingerprint density at radius 3 is 2.81 bits per heavy atom. The van der Waals surface area contributed by atoms with Gasteiger partial charge in [0.2, 0.25) is 18.3 Å². The predicted molar refractivity (Wildman–Crippen MR) is 104 cm³/mol. The second-order valence-electron chi connectivity index (χ2n) is 6.09. The molecule has 3 aromatic rings. The van der Waals surface area contributed by atoms with Gasteiger partial charge >= 0.3 is 0 Å². The van der Waals surface area contributed by atoms with Crippen LogP contribution in [0.15, 0.2) is 54.0 Å². The van der Waals surface area contributed by atoms with E-state index in [-0.39, 0.29) is 5.82 Å². The van der Waals surface area contributed by atoms with Crippen molar-refractivity contribution in [2.24, 2.45) is 0 Å². The molecule has 2 atom stereocenters. The van der Waals surface area contributed by atoms with E-state index in [0.717, 1.165) is 11.4 Å². The van der Waals surface area contributed by atoms with Gasteiger partial charge in [0.25, 0.3) is 0 Å². The molecule has 140 valence electrons. The lowest BCUT2D eigenvalue weighted by Crippen LogP contribution is -2.25. The van der Waals surface area contributed by atoms with E-state index >= 15 is 0 Å². The summed E-state index contributed by atoms with van der Waals surface area (Å²) in [6.45, 7) is 1.16. The Hall–Kier alpha value is -1.98. The minimum atomic E-state index is -3.79. The largest absolute Gasteiger partial charge is 0.344 e. The van der Waals surface area contributed by atoms with Crippen LogP contribution < -0.4 is 5.32 Å². The Kier molecular flexibility index (Phi) is 5.82. The van der Waals surface area contributed by atoms with Gasteiger partial charge in [0, 0.05) is 35.1 Å². The first-order chi connectivity index (χ1) is 12.8. The highest BCUT2D eigenvalue weighted by Gasteiger charge is 2.36. The van der Waals surface area contributed by atoms with Crippen LogP contribution in [0.25, 0.3) is 16.2 Å². The summed E-state index contributed by atoms with van der Waals surface area (Å²) in [7, 11) is -3.79. The Labute approximate surface area is 164 Å². The standard InChI is InChI=1S/C19H16ClFNO3PS/c1-26(24,25)18(16-11-27-17-6-5-13(20)10-15(16)17)19(23)22-8-7-12-3-2-4-14(21)9-12/h2-11,18,20H,1H3,(H-,22,23,24,25)/p+1/b8-7+. The summed E-state index contributed by atoms with van der Waals surface area (Å²) in [5.74, 6) is -0.996. The molecule has 0 fully saturated rings. The molecule has 0 bridgehead atoms. The van der Waals surface area contributed by atoms with Crippen LogP contribution in [0.3, 0.4) is 0 Å². The monoisotopic (exact) mass is 424 g/mol. The third-order valence-corrected chi connectivity index (χ3v) is 6.65. The van der Waals surface area contributed by atoms with Crippen LogP contribution in [-0.4, -0.2) is 17.5 Å². The second-order valence-corrected chi connectivity index (χ2v) is 9.88. The molecule has 8 heteroatoms. The summed E-state index contributed by atoms with van der Waals surface area (Å²) in [5, 5.41) is 5.54. The number of carbonyl (C=O) groups is 1. The third-order valence-electron chi connectivity index (χ3n) is 3.95. The average molecular weight is 425 g/mol. The molecule has 2 N–H and O–H groups in total. The van der Waals surface area contributed by atoms with E-state index in [1.54, 1.807) is 29.6 Å². The lowest BCUT2D eigenvalue weighted by molar-refractivity contribution is -0.288. The first kappa shape index (κ1) is 19.8. The quantitative estimate of drug-likeness (QED) is 0.594. The van der Waals surface area contributed by atoms with E-state index in [1.807, 2.05) is 6.07 Å². The van der Waals surface area contributed by atoms with Crippen molar-refractivity contribution >= 4 is 40.8 Å². The van der Waals surface area contributed by atoms with Crippen LogP contribution >= 0.6 is 18.7 Å². The number of fused-ring (bicyclic) bond motifs is 1. The Balaban J connectivity index is 1.89. The number of halogens is 2. The fourth-order valence-corrected chi connectivity index (χ4v) is 5.26. The summed E-state index contributed by atoms with van der Waals surface area (Å²) in [6, 6.07) is 11.2. The summed E-state index contributed by atoms with van der Waals surface area (Å²) in [5.41, 5.74) is -0.181. The molecule has 1 heterocycles. The van der Waals surface area contributed by atoms with Crippen LogP contribution in [0.1, 0.15) is 16.8 Å². The van der Waals surface area contributed by atoms with Crippen molar-refractivity contribution < 1.29 is 30.2 Å². The van der Waals surface area contributed by atoms with Gasteiger partial charge in [-0.2, -0.15) is 0 Å². The first-order valence-corrected chi connectivity index (χ1v) is 11.4. The number of carbonyl (C=O) groups excluding carboxylic acids is 1. The van der Waals surface area contributed by atoms with Gasteiger partial charge in [0.05, 0.1) is 0 Å². The fourth-order valence-electron chi connectivity index (χ4n) is 2.77. The molecule has 0 aliphatic heterocycles. The number of thiophene rings is 1. The molecule has 0 aliphatic rings. The van der Waals surface area contributed by atoms with Crippen LogP contribution in [0, 0.1) is 17.4 Å². The van der Waals surface area contributed by atoms with E-state index < -0.39 is 18.9 Å². The van der Waals surface area contributed by atoms with Crippen molar-refractivity contribution in [2.75, 3.05) is 6.66 Å². The lowest BCUT2D eigenvalue weighted by atomic mass is 10.1. The normalized spacial score (nSPS) is 15.0. The molecule has 0 saturated heterocycles. The van der Waals surface area contributed by atoms with E-state index in [1.165, 1.54) is 35.7 Å². The van der Waals surface area contributed by atoms with Crippen molar-refractivity contribution in [1.82, 2.24) is 5.32 Å². The molecule has 0 spiro atoms. The topological polar surface area (TPSA) is 66.4 Å². The maximum atomic E-state index is 13.2. The Morgan fingerprint density at radius 2 is 2.11 bits per heavy atom. The molecule has 2 unspecified atom stereocenters. The Bertz CT molecular complexity index is 1080. The number of amides is 1. The van der Waals surface area contributed by atoms with Crippen molar-refractivity contribution in [3.63, 3.8) is 0 Å². The number of hydrogen-bond donors (Lipinski definition) is 2. The third kappa shape index (κ3) is 4.66. The van der Waals surface area contributed by atoms with Gasteiger partial charge in [0.15, 0.2) is 11.6 Å². The highest BCUT2D eigenvalue weighted by molar-refractivity contribution is 7.58. The van der Waals surface area contributed by atoms with Gasteiger partial charge in [-0.25, -0.2) is 4.39 Å². The summed E-state index contributed by atoms with van der Waals surface area (Å²) in [6.07, 6.45) is 2.86. The molecule has 2 aromatic carbocycles. The molecule has 1 aromatic heterocycles. The zero-order chi connectivity index (χ0) is 19.6. The van der Waals surface area contributed by atoms with Gasteiger partial charge in [-0.1, -0.05) is 12.1 Å². The van der Waals surface area contributed by atoms with E-state index in [9.17, 15) is 18.6 Å². The van der Waals surface area contributed by atoms with Gasteiger partial charge in [-0.15, -0.1) is 11.3 Å². The van der Waals surface area contributed by atoms with Gasteiger partial charge in [-0.05, 0) is 40.8 Å². The number of rotatable bonds is 5. The maximum absolute atomic E-state index is 13.2. The molecule has 0 radical (unpaired) electrons. The fraction of sp³-hybridized carbons (Fsp3) is 0.105. The minimum absolute atomic E-state index is 0.390. The smallest absolute Gasteiger partial charge is 0.241 e. The molecular weight excluding hydrogens is 408 g/mol. The SMILES string of the molecule is CP(=O)(O)C(C(=O)N/C=C/c1cccc(F)c1)c1csc2ccc([ClH+])cc12.